The molecule has 0 fully saturated rings. The highest BCUT2D eigenvalue weighted by Crippen LogP contribution is 2.46. The van der Waals surface area contributed by atoms with Crippen molar-refractivity contribution < 1.29 is 4.79 Å². The summed E-state index contributed by atoms with van der Waals surface area (Å²) >= 11 is 1.43. The fourth-order valence-corrected chi connectivity index (χ4v) is 4.74. The van der Waals surface area contributed by atoms with Crippen LogP contribution in [-0.2, 0) is 23.7 Å². The fourth-order valence-electron chi connectivity index (χ4n) is 3.99. The molecule has 5 nitrogen and oxygen atoms in total. The van der Waals surface area contributed by atoms with E-state index in [0.29, 0.717) is 5.75 Å². The molecule has 4 rings (SSSR count). The van der Waals surface area contributed by atoms with Gasteiger partial charge in [-0.2, -0.15) is 0 Å². The van der Waals surface area contributed by atoms with Gasteiger partial charge in [0.05, 0.1) is 5.75 Å². The Morgan fingerprint density at radius 2 is 1.73 bits per heavy atom. The van der Waals surface area contributed by atoms with E-state index in [1.807, 2.05) is 42.9 Å². The highest BCUT2D eigenvalue weighted by Gasteiger charge is 2.38. The molecule has 1 aromatic heterocycles. The third kappa shape index (κ3) is 3.79. The molecule has 30 heavy (non-hydrogen) atoms. The average molecular weight is 419 g/mol. The standard InChI is InChI=1S/C24H26N4OS/c1-24(2)19-12-8-9-13-20(19)27(3)21(24)15-18(29)16-30-23-26-25-22(28(23)4)14-17-10-6-5-7-11-17/h5-13,15H,14,16H2,1-4H3/b21-15-. The van der Waals surface area contributed by atoms with Gasteiger partial charge in [-0.05, 0) is 17.2 Å². The molecule has 0 saturated heterocycles. The van der Waals surface area contributed by atoms with E-state index in [1.165, 1.54) is 22.9 Å². The molecule has 154 valence electrons. The van der Waals surface area contributed by atoms with Gasteiger partial charge < -0.3 is 9.47 Å². The van der Waals surface area contributed by atoms with Crippen LogP contribution >= 0.6 is 11.8 Å². The van der Waals surface area contributed by atoms with Crippen LogP contribution in [0.5, 0.6) is 0 Å². The van der Waals surface area contributed by atoms with Crippen molar-refractivity contribution in [1.82, 2.24) is 14.8 Å². The Hall–Kier alpha value is -2.86. The Morgan fingerprint density at radius 3 is 2.47 bits per heavy atom. The van der Waals surface area contributed by atoms with Crippen LogP contribution in [-0.4, -0.2) is 33.3 Å². The van der Waals surface area contributed by atoms with Gasteiger partial charge in [0.1, 0.15) is 5.82 Å². The lowest BCUT2D eigenvalue weighted by Gasteiger charge is -2.23. The normalized spacial score (nSPS) is 16.1. The van der Waals surface area contributed by atoms with Crippen LogP contribution in [0.4, 0.5) is 5.69 Å². The fraction of sp³-hybridized carbons (Fsp3) is 0.292. The van der Waals surface area contributed by atoms with Crippen LogP contribution in [0.25, 0.3) is 0 Å². The first-order valence-corrected chi connectivity index (χ1v) is 11.0. The van der Waals surface area contributed by atoms with Crippen LogP contribution in [0.3, 0.4) is 0 Å². The first kappa shape index (κ1) is 20.4. The summed E-state index contributed by atoms with van der Waals surface area (Å²) < 4.78 is 1.97. The number of rotatable bonds is 6. The number of allylic oxidation sites excluding steroid dienone is 2. The third-order valence-electron chi connectivity index (χ3n) is 5.71. The summed E-state index contributed by atoms with van der Waals surface area (Å²) in [7, 11) is 3.98. The largest absolute Gasteiger partial charge is 0.347 e. The van der Waals surface area contributed by atoms with Crippen molar-refractivity contribution in [3.63, 3.8) is 0 Å². The molecule has 1 aliphatic heterocycles. The molecule has 0 bridgehead atoms. The minimum absolute atomic E-state index is 0.0790. The summed E-state index contributed by atoms with van der Waals surface area (Å²) in [4.78, 5) is 14.9. The summed E-state index contributed by atoms with van der Waals surface area (Å²) in [5.41, 5.74) is 4.43. The number of hydrogen-bond acceptors (Lipinski definition) is 5. The Morgan fingerprint density at radius 1 is 1.03 bits per heavy atom. The average Bonchev–Trinajstić information content (AvgIpc) is 3.18. The van der Waals surface area contributed by atoms with Crippen LogP contribution in [0, 0.1) is 0 Å². The smallest absolute Gasteiger partial charge is 0.191 e. The molecule has 3 aromatic rings. The second-order valence-corrected chi connectivity index (χ2v) is 9.05. The number of likely N-dealkylation sites (N-methyl/N-ethyl adjacent to an activating group) is 1. The lowest BCUT2D eigenvalue weighted by Crippen LogP contribution is -2.24. The topological polar surface area (TPSA) is 51.0 Å². The Labute approximate surface area is 181 Å². The molecule has 0 amide bonds. The number of nitrogens with zero attached hydrogens (tertiary/aromatic N) is 4. The first-order valence-electron chi connectivity index (χ1n) is 10.0. The van der Waals surface area contributed by atoms with Gasteiger partial charge in [-0.1, -0.05) is 74.1 Å². The quantitative estimate of drug-likeness (QED) is 0.439. The third-order valence-corrected chi connectivity index (χ3v) is 6.75. The molecule has 0 atom stereocenters. The van der Waals surface area contributed by atoms with Crippen LogP contribution in [0.1, 0.15) is 30.8 Å². The van der Waals surface area contributed by atoms with Crippen molar-refractivity contribution >= 4 is 23.2 Å². The molecular formula is C24H26N4OS. The van der Waals surface area contributed by atoms with E-state index in [1.54, 1.807) is 6.08 Å². The van der Waals surface area contributed by atoms with Crippen molar-refractivity contribution in [2.75, 3.05) is 17.7 Å². The van der Waals surface area contributed by atoms with Crippen LogP contribution in [0.15, 0.2) is 71.5 Å². The maximum Gasteiger partial charge on any atom is 0.191 e. The minimum Gasteiger partial charge on any atom is -0.347 e. The van der Waals surface area contributed by atoms with E-state index in [9.17, 15) is 4.79 Å². The molecule has 0 aliphatic carbocycles. The summed E-state index contributed by atoms with van der Waals surface area (Å²) in [6.07, 6.45) is 2.51. The number of carbonyl (C=O) groups excluding carboxylic acids is 1. The number of para-hydroxylation sites is 1. The second kappa shape index (κ2) is 8.11. The van der Waals surface area contributed by atoms with Gasteiger partial charge in [0.25, 0.3) is 0 Å². The lowest BCUT2D eigenvalue weighted by atomic mass is 9.83. The Bertz CT molecular complexity index is 1100. The molecule has 0 unspecified atom stereocenters. The maximum atomic E-state index is 12.8. The van der Waals surface area contributed by atoms with Crippen molar-refractivity contribution in [1.29, 1.82) is 0 Å². The molecule has 2 aromatic carbocycles. The molecule has 1 aliphatic rings. The first-order chi connectivity index (χ1) is 14.4. The van der Waals surface area contributed by atoms with Crippen molar-refractivity contribution in [2.45, 2.75) is 30.8 Å². The molecular weight excluding hydrogens is 392 g/mol. The zero-order chi connectivity index (χ0) is 21.3. The maximum absolute atomic E-state index is 12.8. The highest BCUT2D eigenvalue weighted by molar-refractivity contribution is 7.99. The summed E-state index contributed by atoms with van der Waals surface area (Å²) in [5, 5.41) is 9.36. The minimum atomic E-state index is -0.195. The number of fused-ring (bicyclic) bond motifs is 1. The number of aromatic nitrogens is 3. The van der Waals surface area contributed by atoms with Gasteiger partial charge in [0, 0.05) is 43.4 Å². The number of hydrogen-bond donors (Lipinski definition) is 0. The van der Waals surface area contributed by atoms with E-state index < -0.39 is 0 Å². The molecule has 0 spiro atoms. The van der Waals surface area contributed by atoms with E-state index in [-0.39, 0.29) is 11.2 Å². The zero-order valence-electron chi connectivity index (χ0n) is 17.8. The van der Waals surface area contributed by atoms with Gasteiger partial charge in [-0.15, -0.1) is 10.2 Å². The van der Waals surface area contributed by atoms with Crippen molar-refractivity contribution in [3.8, 4) is 0 Å². The van der Waals surface area contributed by atoms with Crippen LogP contribution < -0.4 is 4.90 Å². The van der Waals surface area contributed by atoms with Gasteiger partial charge in [0.15, 0.2) is 10.9 Å². The zero-order valence-corrected chi connectivity index (χ0v) is 18.6. The SMILES string of the molecule is CN1/C(=C\C(=O)CSc2nnc(Cc3ccccc3)n2C)C(C)(C)c2ccccc21. The Kier molecular flexibility index (Phi) is 5.52. The predicted molar refractivity (Wildman–Crippen MR) is 122 cm³/mol. The molecule has 6 heteroatoms. The summed E-state index contributed by atoms with van der Waals surface area (Å²) in [6, 6.07) is 18.5. The molecule has 0 radical (unpaired) electrons. The van der Waals surface area contributed by atoms with Crippen molar-refractivity contribution in [3.05, 3.63) is 83.3 Å². The highest BCUT2D eigenvalue weighted by atomic mass is 32.2. The van der Waals surface area contributed by atoms with Gasteiger partial charge in [-0.25, -0.2) is 0 Å². The van der Waals surface area contributed by atoms with Gasteiger partial charge in [-0.3, -0.25) is 4.79 Å². The van der Waals surface area contributed by atoms with E-state index in [2.05, 4.69) is 59.3 Å². The summed E-state index contributed by atoms with van der Waals surface area (Å²) in [6.45, 7) is 4.33. The number of thioether (sulfide) groups is 1. The predicted octanol–water partition coefficient (Wildman–Crippen LogP) is 4.38. The monoisotopic (exact) mass is 418 g/mol. The molecule has 0 N–H and O–H groups in total. The molecule has 0 saturated carbocycles. The Balaban J connectivity index is 1.45. The van der Waals surface area contributed by atoms with Gasteiger partial charge in [0.2, 0.25) is 0 Å². The van der Waals surface area contributed by atoms with Gasteiger partial charge >= 0.3 is 0 Å². The number of ketones is 1. The van der Waals surface area contributed by atoms with E-state index in [0.717, 1.165) is 28.8 Å². The number of anilines is 1. The number of carbonyl (C=O) groups is 1. The lowest BCUT2D eigenvalue weighted by molar-refractivity contribution is -0.112. The van der Waals surface area contributed by atoms with Crippen molar-refractivity contribution in [2.24, 2.45) is 7.05 Å². The molecule has 2 heterocycles. The number of benzene rings is 2. The van der Waals surface area contributed by atoms with Crippen LogP contribution in [0.2, 0.25) is 0 Å². The van der Waals surface area contributed by atoms with E-state index >= 15 is 0 Å². The second-order valence-electron chi connectivity index (χ2n) is 8.11. The van der Waals surface area contributed by atoms with E-state index in [4.69, 9.17) is 0 Å². The summed E-state index contributed by atoms with van der Waals surface area (Å²) in [5.74, 6) is 1.30.